The van der Waals surface area contributed by atoms with Crippen LogP contribution in [0.15, 0.2) is 30.5 Å². The maximum Gasteiger partial charge on any atom is 0.274 e. The van der Waals surface area contributed by atoms with Gasteiger partial charge < -0.3 is 4.90 Å². The van der Waals surface area contributed by atoms with E-state index >= 15 is 0 Å². The van der Waals surface area contributed by atoms with E-state index in [0.29, 0.717) is 17.7 Å². The minimum atomic E-state index is 0.0134. The van der Waals surface area contributed by atoms with Crippen LogP contribution in [-0.4, -0.2) is 33.4 Å². The first-order chi connectivity index (χ1) is 9.65. The maximum absolute atomic E-state index is 12.6. The summed E-state index contributed by atoms with van der Waals surface area (Å²) in [6.45, 7) is 5.06. The predicted molar refractivity (Wildman–Crippen MR) is 78.4 cm³/mol. The standard InChI is InChI=1S/C16H19N3O/c1-11(2)10-19(12-7-8-12)16(20)15-9-17-13-5-3-4-6-14(13)18-15/h3-6,9,11-12H,7-8,10H2,1-2H3. The molecule has 4 heteroatoms. The van der Waals surface area contributed by atoms with Crippen LogP contribution in [0.25, 0.3) is 11.0 Å². The monoisotopic (exact) mass is 269 g/mol. The van der Waals surface area contributed by atoms with Crippen LogP contribution in [0, 0.1) is 5.92 Å². The topological polar surface area (TPSA) is 46.1 Å². The first-order valence-corrected chi connectivity index (χ1v) is 7.18. The third-order valence-corrected chi connectivity index (χ3v) is 3.48. The molecule has 2 aromatic rings. The van der Waals surface area contributed by atoms with Gasteiger partial charge in [-0.1, -0.05) is 26.0 Å². The van der Waals surface area contributed by atoms with Gasteiger partial charge in [0.2, 0.25) is 0 Å². The van der Waals surface area contributed by atoms with Gasteiger partial charge in [0.1, 0.15) is 5.69 Å². The summed E-state index contributed by atoms with van der Waals surface area (Å²) in [4.78, 5) is 23.4. The van der Waals surface area contributed by atoms with Gasteiger partial charge >= 0.3 is 0 Å². The molecule has 20 heavy (non-hydrogen) atoms. The van der Waals surface area contributed by atoms with Gasteiger partial charge in [0.05, 0.1) is 17.2 Å². The lowest BCUT2D eigenvalue weighted by Gasteiger charge is -2.24. The Labute approximate surface area is 118 Å². The van der Waals surface area contributed by atoms with E-state index in [0.717, 1.165) is 30.4 Å². The van der Waals surface area contributed by atoms with Crippen molar-refractivity contribution in [2.75, 3.05) is 6.54 Å². The molecule has 1 aromatic heterocycles. The van der Waals surface area contributed by atoms with Crippen LogP contribution in [0.3, 0.4) is 0 Å². The molecule has 1 aliphatic rings. The van der Waals surface area contributed by atoms with Gasteiger partial charge in [0.25, 0.3) is 5.91 Å². The number of carbonyl (C=O) groups is 1. The highest BCUT2D eigenvalue weighted by atomic mass is 16.2. The van der Waals surface area contributed by atoms with E-state index < -0.39 is 0 Å². The van der Waals surface area contributed by atoms with Crippen molar-refractivity contribution in [3.63, 3.8) is 0 Å². The molecule has 1 heterocycles. The van der Waals surface area contributed by atoms with E-state index in [4.69, 9.17) is 0 Å². The Morgan fingerprint density at radius 3 is 2.65 bits per heavy atom. The van der Waals surface area contributed by atoms with Crippen LogP contribution in [0.5, 0.6) is 0 Å². The van der Waals surface area contributed by atoms with Crippen LogP contribution < -0.4 is 0 Å². The fourth-order valence-corrected chi connectivity index (χ4v) is 2.38. The van der Waals surface area contributed by atoms with Gasteiger partial charge in [-0.3, -0.25) is 9.78 Å². The average Bonchev–Trinajstić information content (AvgIpc) is 3.28. The van der Waals surface area contributed by atoms with Crippen molar-refractivity contribution >= 4 is 16.9 Å². The second-order valence-corrected chi connectivity index (χ2v) is 5.83. The van der Waals surface area contributed by atoms with Crippen molar-refractivity contribution in [2.45, 2.75) is 32.7 Å². The maximum atomic E-state index is 12.6. The van der Waals surface area contributed by atoms with Crippen molar-refractivity contribution in [1.82, 2.24) is 14.9 Å². The number of hydrogen-bond donors (Lipinski definition) is 0. The van der Waals surface area contributed by atoms with E-state index in [1.807, 2.05) is 29.2 Å². The van der Waals surface area contributed by atoms with Crippen molar-refractivity contribution in [3.8, 4) is 0 Å². The normalized spacial score (nSPS) is 14.8. The van der Waals surface area contributed by atoms with Crippen LogP contribution in [0.4, 0.5) is 0 Å². The molecule has 104 valence electrons. The minimum Gasteiger partial charge on any atom is -0.334 e. The molecule has 1 aromatic carbocycles. The Bertz CT molecular complexity index is 634. The summed E-state index contributed by atoms with van der Waals surface area (Å²) in [6, 6.07) is 8.04. The molecule has 1 aliphatic carbocycles. The van der Waals surface area contributed by atoms with Gasteiger partial charge in [-0.15, -0.1) is 0 Å². The lowest BCUT2D eigenvalue weighted by atomic mass is 10.2. The smallest absolute Gasteiger partial charge is 0.274 e. The van der Waals surface area contributed by atoms with Crippen LogP contribution >= 0.6 is 0 Å². The Balaban J connectivity index is 1.90. The molecule has 0 saturated heterocycles. The summed E-state index contributed by atoms with van der Waals surface area (Å²) in [5.74, 6) is 0.479. The largest absolute Gasteiger partial charge is 0.334 e. The number of aromatic nitrogens is 2. The number of rotatable bonds is 4. The molecule has 0 spiro atoms. The highest BCUT2D eigenvalue weighted by Crippen LogP contribution is 2.28. The van der Waals surface area contributed by atoms with Gasteiger partial charge in [0, 0.05) is 12.6 Å². The third kappa shape index (κ3) is 2.64. The molecular weight excluding hydrogens is 250 g/mol. The summed E-state index contributed by atoms with van der Waals surface area (Å²) in [6.07, 6.45) is 3.82. The van der Waals surface area contributed by atoms with Crippen molar-refractivity contribution in [1.29, 1.82) is 0 Å². The lowest BCUT2D eigenvalue weighted by Crippen LogP contribution is -2.36. The predicted octanol–water partition coefficient (Wildman–Crippen LogP) is 2.89. The molecular formula is C16H19N3O. The summed E-state index contributed by atoms with van der Waals surface area (Å²) in [7, 11) is 0. The van der Waals surface area contributed by atoms with Crippen LogP contribution in [0.2, 0.25) is 0 Å². The van der Waals surface area contributed by atoms with E-state index in [1.54, 1.807) is 6.20 Å². The number of para-hydroxylation sites is 2. The summed E-state index contributed by atoms with van der Waals surface area (Å²) in [5, 5.41) is 0. The molecule has 0 aliphatic heterocycles. The van der Waals surface area contributed by atoms with Gasteiger partial charge in [-0.2, -0.15) is 0 Å². The van der Waals surface area contributed by atoms with Crippen molar-refractivity contribution in [3.05, 3.63) is 36.2 Å². The molecule has 1 amide bonds. The van der Waals surface area contributed by atoms with Crippen molar-refractivity contribution in [2.24, 2.45) is 5.92 Å². The number of fused-ring (bicyclic) bond motifs is 1. The van der Waals surface area contributed by atoms with Crippen LogP contribution in [-0.2, 0) is 0 Å². The summed E-state index contributed by atoms with van der Waals surface area (Å²) >= 11 is 0. The Kier molecular flexibility index (Phi) is 3.38. The number of amides is 1. The molecule has 0 N–H and O–H groups in total. The second-order valence-electron chi connectivity index (χ2n) is 5.83. The quantitative estimate of drug-likeness (QED) is 0.857. The SMILES string of the molecule is CC(C)CN(C(=O)c1cnc2ccccc2n1)C1CC1. The molecule has 0 atom stereocenters. The Hall–Kier alpha value is -1.97. The van der Waals surface area contributed by atoms with Crippen molar-refractivity contribution < 1.29 is 4.79 Å². The molecule has 3 rings (SSSR count). The van der Waals surface area contributed by atoms with E-state index in [2.05, 4.69) is 23.8 Å². The first kappa shape index (κ1) is 13.0. The lowest BCUT2D eigenvalue weighted by molar-refractivity contribution is 0.0716. The van der Waals surface area contributed by atoms with E-state index in [1.165, 1.54) is 0 Å². The average molecular weight is 269 g/mol. The zero-order valence-corrected chi connectivity index (χ0v) is 11.9. The van der Waals surface area contributed by atoms with E-state index in [9.17, 15) is 4.79 Å². The molecule has 0 radical (unpaired) electrons. The first-order valence-electron chi connectivity index (χ1n) is 7.18. The molecule has 4 nitrogen and oxygen atoms in total. The molecule has 0 unspecified atom stereocenters. The summed E-state index contributed by atoms with van der Waals surface area (Å²) < 4.78 is 0. The van der Waals surface area contributed by atoms with Crippen LogP contribution in [0.1, 0.15) is 37.2 Å². The van der Waals surface area contributed by atoms with Gasteiger partial charge in [-0.25, -0.2) is 4.98 Å². The fourth-order valence-electron chi connectivity index (χ4n) is 2.38. The number of benzene rings is 1. The number of carbonyl (C=O) groups excluding carboxylic acids is 1. The van der Waals surface area contributed by atoms with E-state index in [-0.39, 0.29) is 5.91 Å². The van der Waals surface area contributed by atoms with Gasteiger partial charge in [0.15, 0.2) is 0 Å². The number of hydrogen-bond acceptors (Lipinski definition) is 3. The molecule has 0 bridgehead atoms. The number of nitrogens with zero attached hydrogens (tertiary/aromatic N) is 3. The zero-order valence-electron chi connectivity index (χ0n) is 11.9. The fraction of sp³-hybridized carbons (Fsp3) is 0.438. The third-order valence-electron chi connectivity index (χ3n) is 3.48. The minimum absolute atomic E-state index is 0.0134. The molecule has 1 fully saturated rings. The Morgan fingerprint density at radius 2 is 2.00 bits per heavy atom. The summed E-state index contributed by atoms with van der Waals surface area (Å²) in [5.41, 5.74) is 2.06. The van der Waals surface area contributed by atoms with Gasteiger partial charge in [-0.05, 0) is 30.9 Å². The highest BCUT2D eigenvalue weighted by Gasteiger charge is 2.33. The highest BCUT2D eigenvalue weighted by molar-refractivity contribution is 5.94. The Morgan fingerprint density at radius 1 is 1.30 bits per heavy atom. The zero-order chi connectivity index (χ0) is 14.1. The second kappa shape index (κ2) is 5.19. The molecule has 1 saturated carbocycles.